The molecule has 0 fully saturated rings. The highest BCUT2D eigenvalue weighted by Gasteiger charge is 2.17. The Morgan fingerprint density at radius 1 is 0.385 bits per heavy atom. The molecule has 6 rings (SSSR count). The summed E-state index contributed by atoms with van der Waals surface area (Å²) in [6, 6.07) is 19.5. The van der Waals surface area contributed by atoms with Crippen LogP contribution < -0.4 is 0 Å². The third-order valence-electron chi connectivity index (χ3n) is 11.1. The van der Waals surface area contributed by atoms with Gasteiger partial charge in [-0.3, -0.25) is 0 Å². The Kier molecular flexibility index (Phi) is 15.8. The van der Waals surface area contributed by atoms with Crippen LogP contribution in [0.3, 0.4) is 0 Å². The van der Waals surface area contributed by atoms with Crippen molar-refractivity contribution in [1.82, 2.24) is 0 Å². The van der Waals surface area contributed by atoms with Crippen molar-refractivity contribution >= 4 is 76.3 Å². The number of benzene rings is 2. The van der Waals surface area contributed by atoms with Gasteiger partial charge in [-0.05, 0) is 85.7 Å². The van der Waals surface area contributed by atoms with Gasteiger partial charge in [-0.25, -0.2) is 0 Å². The number of thiophene rings is 4. The van der Waals surface area contributed by atoms with Gasteiger partial charge in [-0.2, -0.15) is 0 Å². The molecule has 0 unspecified atom stereocenters. The molecule has 0 aliphatic heterocycles. The second-order valence-electron chi connectivity index (χ2n) is 15.6. The van der Waals surface area contributed by atoms with Crippen LogP contribution in [0.2, 0.25) is 0 Å². The normalized spacial score (nSPS) is 12.0. The lowest BCUT2D eigenvalue weighted by Gasteiger charge is -2.04. The fourth-order valence-electron chi connectivity index (χ4n) is 8.15. The predicted octanol–water partition coefficient (Wildman–Crippen LogP) is 18.3. The van der Waals surface area contributed by atoms with E-state index in [4.69, 9.17) is 0 Å². The molecule has 4 aromatic heterocycles. The lowest BCUT2D eigenvalue weighted by Crippen LogP contribution is -1.86. The van der Waals surface area contributed by atoms with E-state index in [-0.39, 0.29) is 0 Å². The number of hydrogen-bond donors (Lipinski definition) is 0. The van der Waals surface area contributed by atoms with Crippen molar-refractivity contribution < 1.29 is 0 Å². The van der Waals surface area contributed by atoms with Gasteiger partial charge in [0.1, 0.15) is 0 Å². The van der Waals surface area contributed by atoms with E-state index < -0.39 is 0 Å². The average molecular weight is 769 g/mol. The van der Waals surface area contributed by atoms with Crippen molar-refractivity contribution in [2.45, 2.75) is 169 Å². The third kappa shape index (κ3) is 10.6. The second kappa shape index (κ2) is 20.6. The Labute approximate surface area is 332 Å². The van der Waals surface area contributed by atoms with Crippen LogP contribution in [-0.4, -0.2) is 0 Å². The Hall–Kier alpha value is -1.98. The van der Waals surface area contributed by atoms with Crippen LogP contribution in [0, 0.1) is 13.8 Å². The highest BCUT2D eigenvalue weighted by Crippen LogP contribution is 2.46. The van der Waals surface area contributed by atoms with Crippen LogP contribution in [0.15, 0.2) is 48.5 Å². The number of aryl methyl sites for hydroxylation is 4. The molecule has 4 heterocycles. The van der Waals surface area contributed by atoms with Gasteiger partial charge in [-0.1, -0.05) is 154 Å². The maximum absolute atomic E-state index is 2.48. The van der Waals surface area contributed by atoms with Gasteiger partial charge in [-0.15, -0.1) is 45.3 Å². The van der Waals surface area contributed by atoms with Gasteiger partial charge in [0, 0.05) is 49.4 Å². The highest BCUT2D eigenvalue weighted by molar-refractivity contribution is 7.28. The van der Waals surface area contributed by atoms with E-state index in [9.17, 15) is 0 Å². The highest BCUT2D eigenvalue weighted by atomic mass is 32.1. The van der Waals surface area contributed by atoms with Crippen LogP contribution in [0.1, 0.15) is 163 Å². The first-order valence-electron chi connectivity index (χ1n) is 21.1. The molecule has 0 nitrogen and oxygen atoms in total. The topological polar surface area (TPSA) is 0 Å². The van der Waals surface area contributed by atoms with Gasteiger partial charge in [0.25, 0.3) is 0 Å². The third-order valence-corrected chi connectivity index (χ3v) is 16.0. The lowest BCUT2D eigenvalue weighted by atomic mass is 10.0. The smallest absolute Gasteiger partial charge is 0.0477 e. The molecule has 4 heteroatoms. The summed E-state index contributed by atoms with van der Waals surface area (Å²) in [6.07, 6.45) is 30.4. The fraction of sp³-hybridized carbons (Fsp3) is 0.542. The molecule has 0 spiro atoms. The molecule has 0 saturated carbocycles. The Balaban J connectivity index is 1.10. The molecule has 0 radical (unpaired) electrons. The number of fused-ring (bicyclic) bond motifs is 5. The minimum Gasteiger partial charge on any atom is -0.139 e. The first-order valence-corrected chi connectivity index (χ1v) is 24.4. The first-order chi connectivity index (χ1) is 25.6. The standard InChI is InChI=1S/C48H64S4/c1-5-7-9-11-13-15-17-19-21-23-25-37-31-35(3)49-47(37)43-33-39-27-29-42-41(45(39)51-43)30-28-40-34-44(52-46(40)42)48-38(32-36(4)50-48)26-24-22-20-18-16-14-12-10-8-6-2/h27-34H,5-26H2,1-4H3. The van der Waals surface area contributed by atoms with Crippen molar-refractivity contribution in [3.05, 3.63) is 69.4 Å². The maximum atomic E-state index is 2.48. The molecule has 0 N–H and O–H groups in total. The summed E-state index contributed by atoms with van der Waals surface area (Å²) < 4.78 is 2.91. The summed E-state index contributed by atoms with van der Waals surface area (Å²) in [7, 11) is 0. The summed E-state index contributed by atoms with van der Waals surface area (Å²) in [5.41, 5.74) is 3.14. The van der Waals surface area contributed by atoms with Gasteiger partial charge in [0.15, 0.2) is 0 Å². The van der Waals surface area contributed by atoms with E-state index in [2.05, 4.69) is 76.2 Å². The quantitative estimate of drug-likeness (QED) is 0.0538. The molecule has 0 aliphatic carbocycles. The summed E-state index contributed by atoms with van der Waals surface area (Å²) in [6.45, 7) is 9.20. The van der Waals surface area contributed by atoms with E-state index in [0.29, 0.717) is 0 Å². The van der Waals surface area contributed by atoms with Crippen molar-refractivity contribution in [2.75, 3.05) is 0 Å². The predicted molar refractivity (Wildman–Crippen MR) is 242 cm³/mol. The van der Waals surface area contributed by atoms with Crippen LogP contribution in [0.4, 0.5) is 0 Å². The van der Waals surface area contributed by atoms with Crippen LogP contribution in [-0.2, 0) is 12.8 Å². The average Bonchev–Trinajstić information content (AvgIpc) is 3.94. The minimum atomic E-state index is 1.22. The van der Waals surface area contributed by atoms with Crippen LogP contribution in [0.5, 0.6) is 0 Å². The lowest BCUT2D eigenvalue weighted by molar-refractivity contribution is 0.556. The molecule has 280 valence electrons. The fourth-order valence-corrected chi connectivity index (χ4v) is 12.9. The van der Waals surface area contributed by atoms with Crippen LogP contribution in [0.25, 0.3) is 50.5 Å². The SMILES string of the molecule is CCCCCCCCCCCCc1cc(C)sc1-c1cc2ccc3c(ccc4cc(-c5sc(C)cc5CCCCCCCCCCCC)sc43)c2s1. The Morgan fingerprint density at radius 2 is 0.731 bits per heavy atom. The van der Waals surface area contributed by atoms with Gasteiger partial charge < -0.3 is 0 Å². The Morgan fingerprint density at radius 3 is 1.10 bits per heavy atom. The number of unbranched alkanes of at least 4 members (excludes halogenated alkanes) is 18. The maximum Gasteiger partial charge on any atom is 0.0477 e. The van der Waals surface area contributed by atoms with E-state index in [1.54, 1.807) is 11.1 Å². The van der Waals surface area contributed by atoms with Crippen molar-refractivity contribution in [1.29, 1.82) is 0 Å². The molecule has 0 atom stereocenters. The molecule has 0 amide bonds. The van der Waals surface area contributed by atoms with Crippen molar-refractivity contribution in [3.63, 3.8) is 0 Å². The van der Waals surface area contributed by atoms with E-state index >= 15 is 0 Å². The zero-order chi connectivity index (χ0) is 36.1. The summed E-state index contributed by atoms with van der Waals surface area (Å²) in [5.74, 6) is 0. The molecule has 0 saturated heterocycles. The van der Waals surface area contributed by atoms with Gasteiger partial charge in [0.05, 0.1) is 0 Å². The second-order valence-corrected chi connectivity index (χ2v) is 20.2. The Bertz CT molecular complexity index is 1820. The largest absolute Gasteiger partial charge is 0.139 e. The zero-order valence-electron chi connectivity index (χ0n) is 32.8. The molecule has 6 aromatic rings. The van der Waals surface area contributed by atoms with Crippen molar-refractivity contribution in [3.8, 4) is 19.5 Å². The number of rotatable bonds is 24. The molecule has 0 bridgehead atoms. The minimum absolute atomic E-state index is 1.22. The molecular formula is C48H64S4. The molecule has 0 aliphatic rings. The van der Waals surface area contributed by atoms with Gasteiger partial charge in [0.2, 0.25) is 0 Å². The molecule has 2 aromatic carbocycles. The van der Waals surface area contributed by atoms with Crippen molar-refractivity contribution in [2.24, 2.45) is 0 Å². The number of hydrogen-bond acceptors (Lipinski definition) is 4. The molecule has 52 heavy (non-hydrogen) atoms. The van der Waals surface area contributed by atoms with Gasteiger partial charge >= 0.3 is 0 Å². The summed E-state index contributed by atoms with van der Waals surface area (Å²) in [5, 5.41) is 5.64. The summed E-state index contributed by atoms with van der Waals surface area (Å²) >= 11 is 8.05. The summed E-state index contributed by atoms with van der Waals surface area (Å²) in [4.78, 5) is 8.85. The molecular weight excluding hydrogens is 705 g/mol. The van der Waals surface area contributed by atoms with E-state index in [0.717, 1.165) is 0 Å². The van der Waals surface area contributed by atoms with Crippen LogP contribution >= 0.6 is 45.3 Å². The van der Waals surface area contributed by atoms with E-state index in [1.807, 2.05) is 45.3 Å². The monoisotopic (exact) mass is 768 g/mol. The first kappa shape index (κ1) is 39.7. The zero-order valence-corrected chi connectivity index (χ0v) is 36.1. The van der Waals surface area contributed by atoms with E-state index in [1.165, 1.54) is 201 Å².